The molecule has 21 heavy (non-hydrogen) atoms. The Labute approximate surface area is 130 Å². The Morgan fingerprint density at radius 3 is 2.19 bits per heavy atom. The van der Waals surface area contributed by atoms with Crippen LogP contribution in [0, 0.1) is 0 Å². The van der Waals surface area contributed by atoms with Crippen LogP contribution >= 0.6 is 15.9 Å². The SMILES string of the molecule is CC(CC(=O)N[C@H](CC(=O)O)C(=O)O)c1ccc(Br)cc1. The molecule has 1 rings (SSSR count). The maximum absolute atomic E-state index is 11.8. The zero-order valence-corrected chi connectivity index (χ0v) is 13.0. The van der Waals surface area contributed by atoms with Gasteiger partial charge in [0.2, 0.25) is 5.91 Å². The number of carbonyl (C=O) groups excluding carboxylic acids is 1. The average Bonchev–Trinajstić information content (AvgIpc) is 2.37. The van der Waals surface area contributed by atoms with Crippen molar-refractivity contribution in [2.75, 3.05) is 0 Å². The van der Waals surface area contributed by atoms with Gasteiger partial charge in [0.25, 0.3) is 0 Å². The van der Waals surface area contributed by atoms with Crippen molar-refractivity contribution in [2.45, 2.75) is 31.7 Å². The molecule has 2 atom stereocenters. The maximum Gasteiger partial charge on any atom is 0.326 e. The number of carboxylic acids is 2. The number of rotatable bonds is 7. The second kappa shape index (κ2) is 7.78. The first-order valence-corrected chi connectivity index (χ1v) is 7.08. The van der Waals surface area contributed by atoms with Crippen molar-refractivity contribution in [2.24, 2.45) is 0 Å². The van der Waals surface area contributed by atoms with E-state index < -0.39 is 30.3 Å². The smallest absolute Gasteiger partial charge is 0.326 e. The number of carboxylic acid groups (broad SMARTS) is 2. The summed E-state index contributed by atoms with van der Waals surface area (Å²) in [5.41, 5.74) is 0.943. The second-order valence-corrected chi connectivity index (χ2v) is 5.63. The van der Waals surface area contributed by atoms with Crippen molar-refractivity contribution in [3.8, 4) is 0 Å². The van der Waals surface area contributed by atoms with Gasteiger partial charge in [-0.1, -0.05) is 35.0 Å². The molecule has 0 heterocycles. The average molecular weight is 358 g/mol. The predicted molar refractivity (Wildman–Crippen MR) is 79.0 cm³/mol. The van der Waals surface area contributed by atoms with E-state index in [1.807, 2.05) is 31.2 Å². The number of halogens is 1. The van der Waals surface area contributed by atoms with Gasteiger partial charge >= 0.3 is 11.9 Å². The molecule has 0 saturated heterocycles. The first-order valence-electron chi connectivity index (χ1n) is 6.29. The molecule has 6 nitrogen and oxygen atoms in total. The fourth-order valence-electron chi connectivity index (χ4n) is 1.82. The van der Waals surface area contributed by atoms with Gasteiger partial charge in [0.15, 0.2) is 0 Å². The van der Waals surface area contributed by atoms with Gasteiger partial charge in [0.05, 0.1) is 6.42 Å². The highest BCUT2D eigenvalue weighted by Gasteiger charge is 2.23. The van der Waals surface area contributed by atoms with Crippen LogP contribution in [-0.2, 0) is 14.4 Å². The minimum atomic E-state index is -1.41. The first kappa shape index (κ1) is 17.2. The van der Waals surface area contributed by atoms with E-state index >= 15 is 0 Å². The lowest BCUT2D eigenvalue weighted by atomic mass is 9.97. The van der Waals surface area contributed by atoms with Crippen molar-refractivity contribution in [1.29, 1.82) is 0 Å². The van der Waals surface area contributed by atoms with Crippen LogP contribution in [0.2, 0.25) is 0 Å². The van der Waals surface area contributed by atoms with Crippen LogP contribution in [0.1, 0.15) is 31.2 Å². The van der Waals surface area contributed by atoms with E-state index in [1.54, 1.807) is 0 Å². The highest BCUT2D eigenvalue weighted by molar-refractivity contribution is 9.10. The Balaban J connectivity index is 2.61. The number of benzene rings is 1. The number of carbonyl (C=O) groups is 3. The van der Waals surface area contributed by atoms with Crippen LogP contribution in [0.3, 0.4) is 0 Å². The third kappa shape index (κ3) is 5.95. The number of hydrogen-bond donors (Lipinski definition) is 3. The van der Waals surface area contributed by atoms with Crippen molar-refractivity contribution in [3.05, 3.63) is 34.3 Å². The molecule has 0 aliphatic heterocycles. The Hall–Kier alpha value is -1.89. The fraction of sp³-hybridized carbons (Fsp3) is 0.357. The maximum atomic E-state index is 11.8. The molecule has 114 valence electrons. The van der Waals surface area contributed by atoms with E-state index in [1.165, 1.54) is 0 Å². The lowest BCUT2D eigenvalue weighted by molar-refractivity contribution is -0.147. The molecule has 1 aromatic rings. The molecule has 1 aromatic carbocycles. The number of nitrogens with one attached hydrogen (secondary N) is 1. The monoisotopic (exact) mass is 357 g/mol. The molecule has 0 spiro atoms. The molecular formula is C14H16BrNO5. The first-order chi connectivity index (χ1) is 9.79. The van der Waals surface area contributed by atoms with Crippen LogP contribution in [0.4, 0.5) is 0 Å². The second-order valence-electron chi connectivity index (χ2n) is 4.71. The summed E-state index contributed by atoms with van der Waals surface area (Å²) in [5, 5.41) is 19.7. The summed E-state index contributed by atoms with van der Waals surface area (Å²) in [5.74, 6) is -3.22. The minimum Gasteiger partial charge on any atom is -0.481 e. The van der Waals surface area contributed by atoms with E-state index in [-0.39, 0.29) is 12.3 Å². The summed E-state index contributed by atoms with van der Waals surface area (Å²) in [6.45, 7) is 1.84. The molecule has 1 amide bonds. The van der Waals surface area contributed by atoms with Crippen molar-refractivity contribution < 1.29 is 24.6 Å². The summed E-state index contributed by atoms with van der Waals surface area (Å²) in [4.78, 5) is 33.2. The van der Waals surface area contributed by atoms with Gasteiger partial charge in [-0.05, 0) is 23.6 Å². The van der Waals surface area contributed by atoms with E-state index in [2.05, 4.69) is 21.2 Å². The van der Waals surface area contributed by atoms with Crippen molar-refractivity contribution in [3.63, 3.8) is 0 Å². The molecule has 0 fully saturated rings. The highest BCUT2D eigenvalue weighted by atomic mass is 79.9. The Morgan fingerprint density at radius 1 is 1.14 bits per heavy atom. The molecule has 0 aliphatic carbocycles. The summed E-state index contributed by atoms with van der Waals surface area (Å²) in [6.07, 6.45) is -0.557. The molecule has 7 heteroatoms. The van der Waals surface area contributed by atoms with E-state index in [9.17, 15) is 14.4 Å². The summed E-state index contributed by atoms with van der Waals surface area (Å²) in [7, 11) is 0. The highest BCUT2D eigenvalue weighted by Crippen LogP contribution is 2.21. The van der Waals surface area contributed by atoms with Crippen LogP contribution < -0.4 is 5.32 Å². The summed E-state index contributed by atoms with van der Waals surface area (Å²) >= 11 is 3.32. The van der Waals surface area contributed by atoms with Gasteiger partial charge in [-0.2, -0.15) is 0 Å². The third-order valence-electron chi connectivity index (χ3n) is 2.94. The fourth-order valence-corrected chi connectivity index (χ4v) is 2.08. The van der Waals surface area contributed by atoms with Gasteiger partial charge in [-0.15, -0.1) is 0 Å². The molecule has 3 N–H and O–H groups in total. The standard InChI is InChI=1S/C14H16BrNO5/c1-8(9-2-4-10(15)5-3-9)6-12(17)16-11(14(20)21)7-13(18)19/h2-5,8,11H,6-7H2,1H3,(H,16,17)(H,18,19)(H,20,21)/t8?,11-/m1/s1. The normalized spacial score (nSPS) is 13.2. The van der Waals surface area contributed by atoms with E-state index in [4.69, 9.17) is 10.2 Å². The zero-order chi connectivity index (χ0) is 16.0. The molecule has 0 bridgehead atoms. The Bertz CT molecular complexity index is 529. The van der Waals surface area contributed by atoms with E-state index in [0.717, 1.165) is 10.0 Å². The Morgan fingerprint density at radius 2 is 1.71 bits per heavy atom. The lowest BCUT2D eigenvalue weighted by Crippen LogP contribution is -2.42. The van der Waals surface area contributed by atoms with Gasteiger partial charge in [0, 0.05) is 10.9 Å². The van der Waals surface area contributed by atoms with Crippen LogP contribution in [-0.4, -0.2) is 34.1 Å². The van der Waals surface area contributed by atoms with Crippen molar-refractivity contribution in [1.82, 2.24) is 5.32 Å². The third-order valence-corrected chi connectivity index (χ3v) is 3.47. The molecule has 0 aliphatic rings. The van der Waals surface area contributed by atoms with Crippen LogP contribution in [0.5, 0.6) is 0 Å². The molecule has 1 unspecified atom stereocenters. The molecule has 0 aromatic heterocycles. The topological polar surface area (TPSA) is 104 Å². The van der Waals surface area contributed by atoms with Gasteiger partial charge in [-0.3, -0.25) is 9.59 Å². The zero-order valence-electron chi connectivity index (χ0n) is 11.4. The quantitative estimate of drug-likeness (QED) is 0.692. The number of hydrogen-bond acceptors (Lipinski definition) is 3. The minimum absolute atomic E-state index is 0.0883. The lowest BCUT2D eigenvalue weighted by Gasteiger charge is -2.15. The van der Waals surface area contributed by atoms with Gasteiger partial charge < -0.3 is 15.5 Å². The van der Waals surface area contributed by atoms with Gasteiger partial charge in [-0.25, -0.2) is 4.79 Å². The van der Waals surface area contributed by atoms with Crippen LogP contribution in [0.15, 0.2) is 28.7 Å². The predicted octanol–water partition coefficient (Wildman–Crippen LogP) is 1.99. The number of aliphatic carboxylic acids is 2. The van der Waals surface area contributed by atoms with Gasteiger partial charge in [0.1, 0.15) is 6.04 Å². The van der Waals surface area contributed by atoms with Crippen LogP contribution in [0.25, 0.3) is 0 Å². The number of amides is 1. The molecule has 0 saturated carbocycles. The molecule has 0 radical (unpaired) electrons. The van der Waals surface area contributed by atoms with Crippen molar-refractivity contribution >= 4 is 33.8 Å². The summed E-state index contributed by atoms with van der Waals surface area (Å²) in [6, 6.07) is 6.04. The molecular weight excluding hydrogens is 342 g/mol. The Kier molecular flexibility index (Phi) is 6.36. The largest absolute Gasteiger partial charge is 0.481 e. The summed E-state index contributed by atoms with van der Waals surface area (Å²) < 4.78 is 0.926. The van der Waals surface area contributed by atoms with E-state index in [0.29, 0.717) is 0 Å².